The van der Waals surface area contributed by atoms with E-state index in [0.29, 0.717) is 6.54 Å². The molecule has 1 saturated carbocycles. The quantitative estimate of drug-likeness (QED) is 0.943. The lowest BCUT2D eigenvalue weighted by Crippen LogP contribution is -2.33. The third-order valence-electron chi connectivity index (χ3n) is 5.91. The maximum atomic E-state index is 10.5. The molecule has 2 aliphatic rings. The summed E-state index contributed by atoms with van der Waals surface area (Å²) in [4.78, 5) is 6.96. The van der Waals surface area contributed by atoms with Crippen LogP contribution in [0.25, 0.3) is 11.0 Å². The van der Waals surface area contributed by atoms with Crippen molar-refractivity contribution in [1.29, 1.82) is 0 Å². The largest absolute Gasteiger partial charge is 0.390 e. The van der Waals surface area contributed by atoms with E-state index < -0.39 is 0 Å². The minimum atomic E-state index is -0.326. The highest BCUT2D eigenvalue weighted by atomic mass is 16.3. The maximum Gasteiger partial charge on any atom is 0.0959 e. The lowest BCUT2D eigenvalue weighted by molar-refractivity contribution is 0.106. The molecule has 4 rings (SSSR count). The number of likely N-dealkylation sites (tertiary alicyclic amines) is 1. The Morgan fingerprint density at radius 1 is 1.13 bits per heavy atom. The first-order valence-corrected chi connectivity index (χ1v) is 8.92. The summed E-state index contributed by atoms with van der Waals surface area (Å²) in [6.07, 6.45) is 5.73. The fourth-order valence-corrected chi connectivity index (χ4v) is 4.52. The third-order valence-corrected chi connectivity index (χ3v) is 5.91. The number of aromatic nitrogens is 2. The summed E-state index contributed by atoms with van der Waals surface area (Å²) in [5.74, 6) is 1.78. The van der Waals surface area contributed by atoms with Crippen molar-refractivity contribution in [2.24, 2.45) is 11.8 Å². The van der Waals surface area contributed by atoms with E-state index >= 15 is 0 Å². The Morgan fingerprint density at radius 3 is 2.57 bits per heavy atom. The summed E-state index contributed by atoms with van der Waals surface area (Å²) in [6, 6.07) is 4.32. The van der Waals surface area contributed by atoms with Crippen LogP contribution in [0.15, 0.2) is 18.5 Å². The van der Waals surface area contributed by atoms with Gasteiger partial charge in [0.25, 0.3) is 0 Å². The Morgan fingerprint density at radius 2 is 1.83 bits per heavy atom. The summed E-state index contributed by atoms with van der Waals surface area (Å²) in [6.45, 7) is 8.04. The van der Waals surface area contributed by atoms with Crippen LogP contribution in [-0.4, -0.2) is 45.3 Å². The van der Waals surface area contributed by atoms with Gasteiger partial charge in [-0.25, -0.2) is 4.98 Å². The summed E-state index contributed by atoms with van der Waals surface area (Å²) in [5, 5.41) is 10.5. The van der Waals surface area contributed by atoms with Gasteiger partial charge in [0, 0.05) is 19.6 Å². The standard InChI is InChI=1S/C19H27N3O/c1-13-6-18-19(7-14(13)2)22(12-20-18)11-17(23)10-21-8-15-4-3-5-16(15)9-21/h6-7,12,15-17,23H,3-5,8-11H2,1-2H3. The molecule has 1 saturated heterocycles. The first-order chi connectivity index (χ1) is 11.1. The van der Waals surface area contributed by atoms with Gasteiger partial charge in [-0.2, -0.15) is 0 Å². The van der Waals surface area contributed by atoms with Crippen LogP contribution in [0.1, 0.15) is 30.4 Å². The highest BCUT2D eigenvalue weighted by molar-refractivity contribution is 5.77. The van der Waals surface area contributed by atoms with Crippen molar-refractivity contribution >= 4 is 11.0 Å². The van der Waals surface area contributed by atoms with Gasteiger partial charge in [-0.3, -0.25) is 0 Å². The molecular weight excluding hydrogens is 286 g/mol. The summed E-state index contributed by atoms with van der Waals surface area (Å²) < 4.78 is 2.10. The zero-order chi connectivity index (χ0) is 16.0. The summed E-state index contributed by atoms with van der Waals surface area (Å²) in [7, 11) is 0. The maximum absolute atomic E-state index is 10.5. The Hall–Kier alpha value is -1.39. The number of imidazole rings is 1. The first kappa shape index (κ1) is 15.2. The highest BCUT2D eigenvalue weighted by Crippen LogP contribution is 2.37. The van der Waals surface area contributed by atoms with Crippen molar-refractivity contribution in [1.82, 2.24) is 14.5 Å². The van der Waals surface area contributed by atoms with Crippen molar-refractivity contribution < 1.29 is 5.11 Å². The van der Waals surface area contributed by atoms with Crippen molar-refractivity contribution in [3.8, 4) is 0 Å². The molecule has 2 fully saturated rings. The predicted molar refractivity (Wildman–Crippen MR) is 92.5 cm³/mol. The number of benzene rings is 1. The van der Waals surface area contributed by atoms with Crippen molar-refractivity contribution in [3.63, 3.8) is 0 Å². The number of β-amino-alcohol motifs (C(OH)–C–C–N with tert-alkyl or cyclic N) is 1. The molecule has 23 heavy (non-hydrogen) atoms. The van der Waals surface area contributed by atoms with E-state index in [4.69, 9.17) is 0 Å². The second-order valence-corrected chi connectivity index (χ2v) is 7.65. The van der Waals surface area contributed by atoms with Gasteiger partial charge in [0.05, 0.1) is 30.0 Å². The van der Waals surface area contributed by atoms with E-state index in [1.54, 1.807) is 0 Å². The molecule has 2 heterocycles. The zero-order valence-corrected chi connectivity index (χ0v) is 14.2. The number of aryl methyl sites for hydroxylation is 2. The van der Waals surface area contributed by atoms with Crippen LogP contribution in [0.3, 0.4) is 0 Å². The van der Waals surface area contributed by atoms with Gasteiger partial charge >= 0.3 is 0 Å². The minimum Gasteiger partial charge on any atom is -0.390 e. The van der Waals surface area contributed by atoms with Gasteiger partial charge in [-0.1, -0.05) is 6.42 Å². The van der Waals surface area contributed by atoms with E-state index in [2.05, 4.69) is 40.4 Å². The molecule has 2 aromatic rings. The molecule has 4 heteroatoms. The van der Waals surface area contributed by atoms with Crippen LogP contribution in [0.4, 0.5) is 0 Å². The van der Waals surface area contributed by atoms with Gasteiger partial charge in [-0.05, 0) is 61.8 Å². The van der Waals surface area contributed by atoms with Crippen molar-refractivity contribution in [3.05, 3.63) is 29.6 Å². The van der Waals surface area contributed by atoms with Crippen LogP contribution in [0.2, 0.25) is 0 Å². The number of rotatable bonds is 4. The minimum absolute atomic E-state index is 0.326. The van der Waals surface area contributed by atoms with Crippen LogP contribution in [0, 0.1) is 25.7 Å². The molecule has 1 N–H and O–H groups in total. The molecule has 3 unspecified atom stereocenters. The summed E-state index contributed by atoms with van der Waals surface area (Å²) >= 11 is 0. The van der Waals surface area contributed by atoms with Crippen molar-refractivity contribution in [2.75, 3.05) is 19.6 Å². The fourth-order valence-electron chi connectivity index (χ4n) is 4.52. The van der Waals surface area contributed by atoms with Crippen LogP contribution < -0.4 is 0 Å². The van der Waals surface area contributed by atoms with E-state index in [1.165, 1.54) is 43.5 Å². The van der Waals surface area contributed by atoms with E-state index in [1.807, 2.05) is 6.33 Å². The van der Waals surface area contributed by atoms with Gasteiger partial charge in [0.2, 0.25) is 0 Å². The number of hydrogen-bond acceptors (Lipinski definition) is 3. The van der Waals surface area contributed by atoms with E-state index in [9.17, 15) is 5.11 Å². The molecule has 4 nitrogen and oxygen atoms in total. The number of hydrogen-bond donors (Lipinski definition) is 1. The van der Waals surface area contributed by atoms with Crippen LogP contribution >= 0.6 is 0 Å². The van der Waals surface area contributed by atoms with E-state index in [-0.39, 0.29) is 6.10 Å². The van der Waals surface area contributed by atoms with Gasteiger partial charge in [0.15, 0.2) is 0 Å². The predicted octanol–water partition coefficient (Wildman–Crippen LogP) is 2.75. The molecule has 0 bridgehead atoms. The molecule has 1 aliphatic carbocycles. The Bertz CT molecular complexity index is 696. The van der Waals surface area contributed by atoms with Gasteiger partial charge < -0.3 is 14.6 Å². The normalized spacial score (nSPS) is 26.0. The second-order valence-electron chi connectivity index (χ2n) is 7.65. The molecular formula is C19H27N3O. The third kappa shape index (κ3) is 2.90. The molecule has 1 aromatic carbocycles. The number of fused-ring (bicyclic) bond motifs is 2. The number of nitrogens with zero attached hydrogens (tertiary/aromatic N) is 3. The number of aliphatic hydroxyl groups is 1. The zero-order valence-electron chi connectivity index (χ0n) is 14.2. The number of aliphatic hydroxyl groups excluding tert-OH is 1. The first-order valence-electron chi connectivity index (χ1n) is 8.92. The van der Waals surface area contributed by atoms with E-state index in [0.717, 1.165) is 29.4 Å². The Kier molecular flexibility index (Phi) is 3.90. The molecule has 1 aliphatic heterocycles. The fraction of sp³-hybridized carbons (Fsp3) is 0.632. The molecule has 0 amide bonds. The van der Waals surface area contributed by atoms with Gasteiger partial charge in [-0.15, -0.1) is 0 Å². The SMILES string of the molecule is Cc1cc2ncn(CC(O)CN3CC4CCCC4C3)c2cc1C. The Labute approximate surface area is 138 Å². The second kappa shape index (κ2) is 5.91. The average Bonchev–Trinajstić information content (AvgIpc) is 3.16. The lowest BCUT2D eigenvalue weighted by atomic mass is 10.0. The monoisotopic (exact) mass is 313 g/mol. The van der Waals surface area contributed by atoms with Crippen LogP contribution in [-0.2, 0) is 6.54 Å². The summed E-state index contributed by atoms with van der Waals surface area (Å²) in [5.41, 5.74) is 4.70. The molecule has 0 radical (unpaired) electrons. The van der Waals surface area contributed by atoms with Crippen molar-refractivity contribution in [2.45, 2.75) is 45.8 Å². The molecule has 1 aromatic heterocycles. The smallest absolute Gasteiger partial charge is 0.0959 e. The highest BCUT2D eigenvalue weighted by Gasteiger charge is 2.36. The molecule has 0 spiro atoms. The Balaban J connectivity index is 1.42. The molecule has 3 atom stereocenters. The topological polar surface area (TPSA) is 41.3 Å². The molecule has 124 valence electrons. The average molecular weight is 313 g/mol. The van der Waals surface area contributed by atoms with Crippen LogP contribution in [0.5, 0.6) is 0 Å². The lowest BCUT2D eigenvalue weighted by Gasteiger charge is -2.21. The van der Waals surface area contributed by atoms with Gasteiger partial charge in [0.1, 0.15) is 0 Å².